The second-order valence-corrected chi connectivity index (χ2v) is 10.7. The molecule has 0 spiro atoms. The molecule has 2 nitrogen and oxygen atoms in total. The smallest absolute Gasteiger partial charge is 0.432 e. The van der Waals surface area contributed by atoms with E-state index in [2.05, 4.69) is 28.2 Å². The average Bonchev–Trinajstić information content (AvgIpc) is 2.94. The summed E-state index contributed by atoms with van der Waals surface area (Å²) in [5, 5.41) is 0. The van der Waals surface area contributed by atoms with Crippen LogP contribution in [0.2, 0.25) is 0 Å². The maximum absolute atomic E-state index is 14.9. The van der Waals surface area contributed by atoms with Crippen LogP contribution in [-0.2, 0) is 6.11 Å². The fourth-order valence-corrected chi connectivity index (χ4v) is 5.12. The van der Waals surface area contributed by atoms with E-state index in [1.165, 1.54) is 18.2 Å². The van der Waals surface area contributed by atoms with Crippen LogP contribution in [0.15, 0.2) is 54.6 Å². The predicted octanol–water partition coefficient (Wildman–Crippen LogP) is 10.1. The lowest BCUT2D eigenvalue weighted by molar-refractivity contribution is -0.223. The maximum Gasteiger partial charge on any atom is 0.432 e. The minimum atomic E-state index is -4.51. The number of hydrogen-bond acceptors (Lipinski definition) is 2. The standard InChI is InChI=1S/C33H30F8O2/c1-2-3-4-5-21-8-13-24(14-9-21)32(38,39)43-26-19-29(36)31(30(37)20-26)33(40,41)42-25-15-10-22(11-16-25)6-7-23-12-17-27(34)28(35)18-23/h10-12,15-21,24H,2-5,8-9,13-14H2,1H3. The second-order valence-electron chi connectivity index (χ2n) is 10.7. The first-order valence-electron chi connectivity index (χ1n) is 14.1. The quantitative estimate of drug-likeness (QED) is 0.129. The van der Waals surface area contributed by atoms with Crippen molar-refractivity contribution in [3.8, 4) is 23.3 Å². The largest absolute Gasteiger partial charge is 0.432 e. The molecule has 0 bridgehead atoms. The molecular weight excluding hydrogens is 580 g/mol. The van der Waals surface area contributed by atoms with E-state index in [4.69, 9.17) is 0 Å². The monoisotopic (exact) mass is 610 g/mol. The van der Waals surface area contributed by atoms with Gasteiger partial charge in [0.2, 0.25) is 0 Å². The lowest BCUT2D eigenvalue weighted by Crippen LogP contribution is -2.37. The summed E-state index contributed by atoms with van der Waals surface area (Å²) in [6.45, 7) is 2.09. The van der Waals surface area contributed by atoms with Crippen molar-refractivity contribution in [2.24, 2.45) is 11.8 Å². The number of rotatable bonds is 10. The van der Waals surface area contributed by atoms with Gasteiger partial charge in [0.15, 0.2) is 11.6 Å². The summed E-state index contributed by atoms with van der Waals surface area (Å²) in [5.74, 6) is -2.72. The Morgan fingerprint density at radius 3 is 1.88 bits per heavy atom. The van der Waals surface area contributed by atoms with Crippen molar-refractivity contribution >= 4 is 0 Å². The van der Waals surface area contributed by atoms with Crippen LogP contribution in [0.25, 0.3) is 0 Å². The molecule has 43 heavy (non-hydrogen) atoms. The van der Waals surface area contributed by atoms with Crippen molar-refractivity contribution < 1.29 is 44.6 Å². The van der Waals surface area contributed by atoms with Gasteiger partial charge in [0, 0.05) is 23.3 Å². The summed E-state index contributed by atoms with van der Waals surface area (Å²) in [6, 6.07) is 8.29. The number of unbranched alkanes of at least 4 members (excludes halogenated alkanes) is 2. The topological polar surface area (TPSA) is 18.5 Å². The van der Waals surface area contributed by atoms with E-state index in [0.717, 1.165) is 49.9 Å². The minimum absolute atomic E-state index is 0.173. The van der Waals surface area contributed by atoms with Gasteiger partial charge in [-0.2, -0.15) is 17.6 Å². The van der Waals surface area contributed by atoms with Crippen LogP contribution in [0.1, 0.15) is 75.0 Å². The molecule has 1 aliphatic rings. The van der Waals surface area contributed by atoms with Crippen molar-refractivity contribution in [3.05, 3.63) is 94.6 Å². The van der Waals surface area contributed by atoms with Gasteiger partial charge < -0.3 is 9.47 Å². The Bertz CT molecular complexity index is 1430. The number of hydrogen-bond donors (Lipinski definition) is 0. The normalized spacial score (nSPS) is 17.2. The zero-order valence-corrected chi connectivity index (χ0v) is 23.3. The van der Waals surface area contributed by atoms with E-state index in [-0.39, 0.29) is 30.5 Å². The summed E-state index contributed by atoms with van der Waals surface area (Å²) in [7, 11) is 0. The lowest BCUT2D eigenvalue weighted by Gasteiger charge is -2.33. The molecule has 0 aromatic heterocycles. The molecule has 3 aromatic rings. The van der Waals surface area contributed by atoms with Crippen molar-refractivity contribution in [2.45, 2.75) is 70.5 Å². The molecule has 10 heteroatoms. The molecule has 0 amide bonds. The van der Waals surface area contributed by atoms with Crippen molar-refractivity contribution in [2.75, 3.05) is 0 Å². The van der Waals surface area contributed by atoms with Crippen molar-refractivity contribution in [3.63, 3.8) is 0 Å². The first kappa shape index (κ1) is 32.2. The summed E-state index contributed by atoms with van der Waals surface area (Å²) in [4.78, 5) is 0. The molecule has 4 rings (SSSR count). The van der Waals surface area contributed by atoms with Gasteiger partial charge in [-0.05, 0) is 74.1 Å². The van der Waals surface area contributed by atoms with Gasteiger partial charge in [0.25, 0.3) is 0 Å². The van der Waals surface area contributed by atoms with Crippen LogP contribution < -0.4 is 9.47 Å². The van der Waals surface area contributed by atoms with E-state index in [1.807, 2.05) is 0 Å². The molecule has 0 unspecified atom stereocenters. The first-order chi connectivity index (χ1) is 20.4. The highest BCUT2D eigenvalue weighted by Gasteiger charge is 2.45. The van der Waals surface area contributed by atoms with Gasteiger partial charge in [-0.15, -0.1) is 0 Å². The third-order valence-corrected chi connectivity index (χ3v) is 7.47. The minimum Gasteiger partial charge on any atom is -0.432 e. The van der Waals surface area contributed by atoms with Crippen LogP contribution >= 0.6 is 0 Å². The number of alkyl halides is 4. The Labute approximate surface area is 245 Å². The van der Waals surface area contributed by atoms with E-state index < -0.39 is 58.5 Å². The van der Waals surface area contributed by atoms with Crippen molar-refractivity contribution in [1.29, 1.82) is 0 Å². The molecule has 0 radical (unpaired) electrons. The van der Waals surface area contributed by atoms with Gasteiger partial charge in [0.1, 0.15) is 28.7 Å². The number of benzene rings is 3. The highest BCUT2D eigenvalue weighted by molar-refractivity contribution is 5.44. The van der Waals surface area contributed by atoms with Crippen LogP contribution in [0.3, 0.4) is 0 Å². The molecule has 3 aromatic carbocycles. The lowest BCUT2D eigenvalue weighted by atomic mass is 9.79. The van der Waals surface area contributed by atoms with Gasteiger partial charge >= 0.3 is 12.2 Å². The Balaban J connectivity index is 1.40. The van der Waals surface area contributed by atoms with E-state index >= 15 is 0 Å². The summed E-state index contributed by atoms with van der Waals surface area (Å²) < 4.78 is 124. The molecule has 0 heterocycles. The van der Waals surface area contributed by atoms with E-state index in [1.54, 1.807) is 0 Å². The van der Waals surface area contributed by atoms with Crippen LogP contribution in [0.5, 0.6) is 11.5 Å². The van der Waals surface area contributed by atoms with E-state index in [0.29, 0.717) is 24.3 Å². The Morgan fingerprint density at radius 2 is 1.28 bits per heavy atom. The zero-order valence-electron chi connectivity index (χ0n) is 23.3. The molecule has 0 saturated heterocycles. The summed E-state index contributed by atoms with van der Waals surface area (Å²) >= 11 is 0. The van der Waals surface area contributed by atoms with Gasteiger partial charge in [0.05, 0.1) is 5.92 Å². The fourth-order valence-electron chi connectivity index (χ4n) is 5.12. The van der Waals surface area contributed by atoms with Crippen LogP contribution in [-0.4, -0.2) is 6.11 Å². The average molecular weight is 611 g/mol. The molecule has 0 atom stereocenters. The highest BCUT2D eigenvalue weighted by atomic mass is 19.3. The maximum atomic E-state index is 14.9. The molecule has 1 fully saturated rings. The van der Waals surface area contributed by atoms with Gasteiger partial charge in [-0.25, -0.2) is 17.6 Å². The van der Waals surface area contributed by atoms with Crippen LogP contribution in [0.4, 0.5) is 35.1 Å². The van der Waals surface area contributed by atoms with Gasteiger partial charge in [-0.1, -0.05) is 44.4 Å². The molecule has 1 saturated carbocycles. The van der Waals surface area contributed by atoms with Gasteiger partial charge in [-0.3, -0.25) is 0 Å². The third-order valence-electron chi connectivity index (χ3n) is 7.47. The zero-order chi connectivity index (χ0) is 31.2. The summed E-state index contributed by atoms with van der Waals surface area (Å²) in [5.41, 5.74) is -1.30. The summed E-state index contributed by atoms with van der Waals surface area (Å²) in [6.07, 6.45) is -2.50. The molecular formula is C33H30F8O2. The molecule has 1 aliphatic carbocycles. The molecule has 0 N–H and O–H groups in total. The van der Waals surface area contributed by atoms with Crippen molar-refractivity contribution in [1.82, 2.24) is 0 Å². The number of halogens is 8. The van der Waals surface area contributed by atoms with Crippen LogP contribution in [0, 0.1) is 46.9 Å². The highest BCUT2D eigenvalue weighted by Crippen LogP contribution is 2.43. The predicted molar refractivity (Wildman–Crippen MR) is 145 cm³/mol. The Hall–Kier alpha value is -3.74. The number of ether oxygens (including phenoxy) is 2. The Morgan fingerprint density at radius 1 is 0.674 bits per heavy atom. The third kappa shape index (κ3) is 8.43. The Kier molecular flexibility index (Phi) is 10.3. The first-order valence-corrected chi connectivity index (χ1v) is 14.1. The fraction of sp³-hybridized carbons (Fsp3) is 0.394. The second kappa shape index (κ2) is 13.7. The van der Waals surface area contributed by atoms with E-state index in [9.17, 15) is 35.1 Å². The SMILES string of the molecule is CCCCCC1CCC(C(F)(F)Oc2cc(F)c(C(F)(F)Oc3ccc(C#Cc4ccc(F)c(F)c4)cc3)c(F)c2)CC1. The molecule has 0 aliphatic heterocycles. The molecule has 230 valence electrons.